The van der Waals surface area contributed by atoms with Crippen molar-refractivity contribution in [1.29, 1.82) is 0 Å². The van der Waals surface area contributed by atoms with E-state index in [2.05, 4.69) is 13.8 Å². The van der Waals surface area contributed by atoms with Gasteiger partial charge in [-0.1, -0.05) is 33.1 Å². The molecule has 2 atom stereocenters. The van der Waals surface area contributed by atoms with E-state index in [1.807, 2.05) is 4.90 Å². The van der Waals surface area contributed by atoms with Crippen LogP contribution in [0.3, 0.4) is 0 Å². The van der Waals surface area contributed by atoms with E-state index in [1.54, 1.807) is 0 Å². The quantitative estimate of drug-likeness (QED) is 0.522. The number of rotatable bonds is 6. The molecule has 0 spiro atoms. The lowest BCUT2D eigenvalue weighted by Crippen LogP contribution is -3.10. The fourth-order valence-corrected chi connectivity index (χ4v) is 2.35. The largest absolute Gasteiger partial charge is 1.00 e. The second kappa shape index (κ2) is 8.22. The van der Waals surface area contributed by atoms with E-state index in [4.69, 9.17) is 0 Å². The Hall–Kier alpha value is -0.110. The molecule has 1 N–H and O–H groups in total. The fraction of sp³-hybridized carbons (Fsp3) is 1.00. The van der Waals surface area contributed by atoms with E-state index in [1.165, 1.54) is 58.2 Å². The molecule has 2 unspecified atom stereocenters. The van der Waals surface area contributed by atoms with Gasteiger partial charge in [0.15, 0.2) is 0 Å². The monoisotopic (exact) mass is 203 g/mol. The molecule has 0 aromatic rings. The van der Waals surface area contributed by atoms with E-state index < -0.39 is 0 Å². The van der Waals surface area contributed by atoms with Crippen molar-refractivity contribution in [3.8, 4) is 0 Å². The zero-order valence-corrected chi connectivity index (χ0v) is 9.82. The van der Waals surface area contributed by atoms with E-state index >= 15 is 0 Å². The van der Waals surface area contributed by atoms with Crippen molar-refractivity contribution in [3.05, 3.63) is 0 Å². The number of hydrogen-bond acceptors (Lipinski definition) is 0. The summed E-state index contributed by atoms with van der Waals surface area (Å²) in [4.78, 5) is 1.86. The number of hydrogen-bond donors (Lipinski definition) is 1. The third kappa shape index (κ3) is 5.58. The first kappa shape index (κ1) is 13.9. The fourth-order valence-electron chi connectivity index (χ4n) is 2.35. The van der Waals surface area contributed by atoms with E-state index in [0.29, 0.717) is 0 Å². The molecule has 1 nitrogen and oxygen atoms in total. The number of halogens is 1. The van der Waals surface area contributed by atoms with E-state index in [-0.39, 0.29) is 4.70 Å². The lowest BCUT2D eigenvalue weighted by molar-refractivity contribution is -0.889. The molecule has 0 aliphatic carbocycles. The molecule has 1 rings (SSSR count). The van der Waals surface area contributed by atoms with Crippen LogP contribution < -0.4 is 9.60 Å². The molecule has 1 saturated heterocycles. The zero-order chi connectivity index (χ0) is 9.52. The molecule has 1 aliphatic heterocycles. The first-order valence-electron chi connectivity index (χ1n) is 6.16. The van der Waals surface area contributed by atoms with Gasteiger partial charge in [0.1, 0.15) is 0 Å². The highest BCUT2D eigenvalue weighted by Crippen LogP contribution is 2.03. The summed E-state index contributed by atoms with van der Waals surface area (Å²) >= 11 is 0. The maximum atomic E-state index is 2.39. The highest BCUT2D eigenvalue weighted by atomic mass is 19.0. The van der Waals surface area contributed by atoms with Gasteiger partial charge in [-0.2, -0.15) is 0 Å². The third-order valence-electron chi connectivity index (χ3n) is 3.26. The molecule has 0 bridgehead atoms. The van der Waals surface area contributed by atoms with Gasteiger partial charge < -0.3 is 9.60 Å². The summed E-state index contributed by atoms with van der Waals surface area (Å²) in [6.45, 7) is 8.99. The van der Waals surface area contributed by atoms with Gasteiger partial charge >= 0.3 is 0 Å². The lowest BCUT2D eigenvalue weighted by atomic mass is 10.1. The van der Waals surface area contributed by atoms with Crippen molar-refractivity contribution in [2.24, 2.45) is 5.92 Å². The van der Waals surface area contributed by atoms with Gasteiger partial charge in [0, 0.05) is 12.3 Å². The summed E-state index contributed by atoms with van der Waals surface area (Å²) < 4.78 is 0. The third-order valence-corrected chi connectivity index (χ3v) is 3.26. The van der Waals surface area contributed by atoms with Crippen molar-refractivity contribution < 1.29 is 9.60 Å². The van der Waals surface area contributed by atoms with Crippen molar-refractivity contribution in [2.45, 2.75) is 52.4 Å². The van der Waals surface area contributed by atoms with Crippen molar-refractivity contribution in [1.82, 2.24) is 0 Å². The molecular formula is C12H26FN. The zero-order valence-electron chi connectivity index (χ0n) is 9.82. The molecule has 0 saturated carbocycles. The van der Waals surface area contributed by atoms with Gasteiger partial charge in [-0.25, -0.2) is 0 Å². The predicted molar refractivity (Wildman–Crippen MR) is 58.1 cm³/mol. The summed E-state index contributed by atoms with van der Waals surface area (Å²) in [7, 11) is 0. The van der Waals surface area contributed by atoms with Crippen LogP contribution in [0.2, 0.25) is 0 Å². The molecule has 86 valence electrons. The average molecular weight is 203 g/mol. The molecule has 0 aromatic carbocycles. The van der Waals surface area contributed by atoms with Crippen LogP contribution in [0, 0.1) is 5.92 Å². The Labute approximate surface area is 88.2 Å². The predicted octanol–water partition coefficient (Wildman–Crippen LogP) is -1.11. The van der Waals surface area contributed by atoms with Gasteiger partial charge in [-0.05, 0) is 12.8 Å². The standard InChI is InChI=1S/C12H25N.FH/c1-3-4-5-6-7-9-13-10-8-12(2)11-13;/h12H,3-11H2,1-2H3;1H. The van der Waals surface area contributed by atoms with Crippen molar-refractivity contribution in [3.63, 3.8) is 0 Å². The highest BCUT2D eigenvalue weighted by molar-refractivity contribution is 4.55. The molecular weight excluding hydrogens is 177 g/mol. The van der Waals surface area contributed by atoms with Crippen molar-refractivity contribution >= 4 is 0 Å². The van der Waals surface area contributed by atoms with Gasteiger partial charge in [0.2, 0.25) is 0 Å². The minimum absolute atomic E-state index is 0. The Bertz CT molecular complexity index is 127. The number of likely N-dealkylation sites (tertiary alicyclic amines) is 1. The normalized spacial score (nSPS) is 26.1. The number of unbranched alkanes of at least 4 members (excludes halogenated alkanes) is 4. The minimum atomic E-state index is 0. The van der Waals surface area contributed by atoms with Gasteiger partial charge in [0.05, 0.1) is 19.6 Å². The molecule has 1 heterocycles. The van der Waals surface area contributed by atoms with Crippen LogP contribution in [-0.4, -0.2) is 19.6 Å². The summed E-state index contributed by atoms with van der Waals surface area (Å²) in [5, 5.41) is 0. The molecule has 1 aliphatic rings. The molecule has 0 amide bonds. The van der Waals surface area contributed by atoms with Crippen LogP contribution >= 0.6 is 0 Å². The first-order valence-corrected chi connectivity index (χ1v) is 6.16. The number of quaternary nitrogens is 1. The highest BCUT2D eigenvalue weighted by Gasteiger charge is 2.21. The summed E-state index contributed by atoms with van der Waals surface area (Å²) in [5.74, 6) is 0.991. The Morgan fingerprint density at radius 1 is 1.14 bits per heavy atom. The average Bonchev–Trinajstić information content (AvgIpc) is 2.51. The van der Waals surface area contributed by atoms with E-state index in [0.717, 1.165) is 5.92 Å². The minimum Gasteiger partial charge on any atom is -1.00 e. The Balaban J connectivity index is 0.00000169. The van der Waals surface area contributed by atoms with E-state index in [9.17, 15) is 0 Å². The van der Waals surface area contributed by atoms with Gasteiger partial charge in [-0.3, -0.25) is 0 Å². The first-order chi connectivity index (χ1) is 6.33. The Kier molecular flexibility index (Phi) is 8.15. The lowest BCUT2D eigenvalue weighted by Gasteiger charge is -2.11. The molecule has 2 heteroatoms. The van der Waals surface area contributed by atoms with Gasteiger partial charge in [0.25, 0.3) is 0 Å². The summed E-state index contributed by atoms with van der Waals surface area (Å²) in [6.07, 6.45) is 8.65. The summed E-state index contributed by atoms with van der Waals surface area (Å²) in [6, 6.07) is 0. The van der Waals surface area contributed by atoms with Crippen LogP contribution in [0.1, 0.15) is 52.4 Å². The van der Waals surface area contributed by atoms with Crippen LogP contribution in [0.15, 0.2) is 0 Å². The SMILES string of the molecule is CCCCCCC[NH+]1CCC(C)C1.[F-]. The maximum Gasteiger partial charge on any atom is 0.0799 e. The van der Waals surface area contributed by atoms with Crippen LogP contribution in [0.25, 0.3) is 0 Å². The van der Waals surface area contributed by atoms with Crippen LogP contribution in [0.5, 0.6) is 0 Å². The second-order valence-electron chi connectivity index (χ2n) is 4.76. The van der Waals surface area contributed by atoms with Crippen LogP contribution in [-0.2, 0) is 0 Å². The topological polar surface area (TPSA) is 4.44 Å². The van der Waals surface area contributed by atoms with Crippen LogP contribution in [0.4, 0.5) is 0 Å². The molecule has 1 fully saturated rings. The van der Waals surface area contributed by atoms with Crippen molar-refractivity contribution in [2.75, 3.05) is 19.6 Å². The maximum absolute atomic E-state index is 2.39. The van der Waals surface area contributed by atoms with Gasteiger partial charge in [-0.15, -0.1) is 0 Å². The molecule has 14 heavy (non-hydrogen) atoms. The second-order valence-corrected chi connectivity index (χ2v) is 4.76. The summed E-state index contributed by atoms with van der Waals surface area (Å²) in [5.41, 5.74) is 0. The Morgan fingerprint density at radius 3 is 2.43 bits per heavy atom. The molecule has 0 radical (unpaired) electrons. The molecule has 0 aromatic heterocycles. The smallest absolute Gasteiger partial charge is 0.0799 e. The Morgan fingerprint density at radius 2 is 1.86 bits per heavy atom. The number of nitrogens with one attached hydrogen (secondary N) is 1.